The van der Waals surface area contributed by atoms with E-state index < -0.39 is 5.97 Å². The van der Waals surface area contributed by atoms with Crippen LogP contribution in [0.5, 0.6) is 0 Å². The summed E-state index contributed by atoms with van der Waals surface area (Å²) in [5.41, 5.74) is 0.863. The number of carboxylic acid groups (broad SMARTS) is 1. The quantitative estimate of drug-likeness (QED) is 0.904. The molecule has 0 aromatic carbocycles. The Bertz CT molecular complexity index is 588. The summed E-state index contributed by atoms with van der Waals surface area (Å²) < 4.78 is 1.93. The molecule has 0 amide bonds. The lowest BCUT2D eigenvalue weighted by Crippen LogP contribution is -2.11. The first-order valence-corrected chi connectivity index (χ1v) is 7.21. The van der Waals surface area contributed by atoms with E-state index in [1.807, 2.05) is 40.6 Å². The van der Waals surface area contributed by atoms with Crippen molar-refractivity contribution in [3.63, 3.8) is 0 Å². The van der Waals surface area contributed by atoms with Gasteiger partial charge in [-0.15, -0.1) is 0 Å². The molecule has 18 heavy (non-hydrogen) atoms. The zero-order valence-electron chi connectivity index (χ0n) is 9.87. The number of fused-ring (bicyclic) bond motifs is 1. The molecule has 0 spiro atoms. The van der Waals surface area contributed by atoms with Crippen LogP contribution in [0.1, 0.15) is 35.1 Å². The van der Waals surface area contributed by atoms with Gasteiger partial charge in [0.1, 0.15) is 5.82 Å². The van der Waals surface area contributed by atoms with Gasteiger partial charge in [0.05, 0.1) is 5.52 Å². The maximum absolute atomic E-state index is 11.2. The predicted molar refractivity (Wildman–Crippen MR) is 71.5 cm³/mol. The molecule has 0 atom stereocenters. The number of carbonyl (C=O) groups is 1. The topological polar surface area (TPSA) is 54.6 Å². The summed E-state index contributed by atoms with van der Waals surface area (Å²) in [5.74, 6) is 2.61. The van der Waals surface area contributed by atoms with Crippen molar-refractivity contribution >= 4 is 23.2 Å². The number of hydrogen-bond acceptors (Lipinski definition) is 3. The fourth-order valence-corrected chi connectivity index (χ4v) is 3.57. The largest absolute Gasteiger partial charge is 0.476 e. The number of hydrogen-bond donors (Lipinski definition) is 1. The minimum atomic E-state index is -0.949. The van der Waals surface area contributed by atoms with E-state index in [1.54, 1.807) is 0 Å². The fraction of sp³-hybridized carbons (Fsp3) is 0.385. The zero-order chi connectivity index (χ0) is 12.5. The molecule has 3 rings (SSSR count). The van der Waals surface area contributed by atoms with E-state index in [2.05, 4.69) is 4.98 Å². The zero-order valence-corrected chi connectivity index (χ0v) is 10.7. The summed E-state index contributed by atoms with van der Waals surface area (Å²) in [6, 6.07) is 5.59. The van der Waals surface area contributed by atoms with Gasteiger partial charge in [0.25, 0.3) is 0 Å². The summed E-state index contributed by atoms with van der Waals surface area (Å²) >= 11 is 1.96. The summed E-state index contributed by atoms with van der Waals surface area (Å²) in [5, 5.41) is 9.21. The summed E-state index contributed by atoms with van der Waals surface area (Å²) in [6.45, 7) is 0. The highest BCUT2D eigenvalue weighted by Crippen LogP contribution is 2.32. The number of imidazole rings is 1. The van der Waals surface area contributed by atoms with E-state index in [9.17, 15) is 9.90 Å². The van der Waals surface area contributed by atoms with Crippen LogP contribution >= 0.6 is 11.8 Å². The Morgan fingerprint density at radius 3 is 2.89 bits per heavy atom. The molecule has 3 heterocycles. The molecule has 5 heteroatoms. The standard InChI is InChI=1S/C13H14N2O2S/c16-13(17)11-10-3-1-2-6-15(10)12(14-11)9-4-7-18-8-5-9/h1-3,6,9H,4-5,7-8H2,(H,16,17). The number of pyridine rings is 1. The van der Waals surface area contributed by atoms with Crippen molar-refractivity contribution < 1.29 is 9.90 Å². The van der Waals surface area contributed by atoms with Crippen LogP contribution in [0, 0.1) is 0 Å². The number of carboxylic acids is 1. The van der Waals surface area contributed by atoms with Crippen LogP contribution in [0.25, 0.3) is 5.52 Å². The molecule has 2 aromatic rings. The smallest absolute Gasteiger partial charge is 0.356 e. The average Bonchev–Trinajstić information content (AvgIpc) is 2.79. The highest BCUT2D eigenvalue weighted by Gasteiger charge is 2.24. The highest BCUT2D eigenvalue weighted by molar-refractivity contribution is 7.99. The molecule has 1 fully saturated rings. The number of rotatable bonds is 2. The third-order valence-corrected chi connectivity index (χ3v) is 4.41. The van der Waals surface area contributed by atoms with Gasteiger partial charge in [-0.3, -0.25) is 0 Å². The van der Waals surface area contributed by atoms with Crippen molar-refractivity contribution in [2.75, 3.05) is 11.5 Å². The minimum absolute atomic E-state index is 0.170. The van der Waals surface area contributed by atoms with Gasteiger partial charge in [0.2, 0.25) is 0 Å². The molecular weight excluding hydrogens is 248 g/mol. The Hall–Kier alpha value is -1.49. The van der Waals surface area contributed by atoms with Gasteiger partial charge in [-0.2, -0.15) is 11.8 Å². The maximum atomic E-state index is 11.2. The van der Waals surface area contributed by atoms with Gasteiger partial charge in [0.15, 0.2) is 5.69 Å². The molecule has 0 unspecified atom stereocenters. The summed E-state index contributed by atoms with van der Waals surface area (Å²) in [7, 11) is 0. The summed E-state index contributed by atoms with van der Waals surface area (Å²) in [4.78, 5) is 15.6. The van der Waals surface area contributed by atoms with Crippen LogP contribution in [0.3, 0.4) is 0 Å². The number of thioether (sulfide) groups is 1. The van der Waals surface area contributed by atoms with Crippen molar-refractivity contribution in [2.45, 2.75) is 18.8 Å². The highest BCUT2D eigenvalue weighted by atomic mass is 32.2. The average molecular weight is 262 g/mol. The van der Waals surface area contributed by atoms with Gasteiger partial charge in [-0.1, -0.05) is 6.07 Å². The molecule has 1 saturated heterocycles. The first-order valence-electron chi connectivity index (χ1n) is 6.05. The molecule has 4 nitrogen and oxygen atoms in total. The molecule has 0 radical (unpaired) electrons. The third kappa shape index (κ3) is 1.88. The monoisotopic (exact) mass is 262 g/mol. The number of aromatic carboxylic acids is 1. The van der Waals surface area contributed by atoms with E-state index in [1.165, 1.54) is 0 Å². The fourth-order valence-electron chi connectivity index (χ4n) is 2.46. The van der Waals surface area contributed by atoms with Gasteiger partial charge >= 0.3 is 5.97 Å². The van der Waals surface area contributed by atoms with Gasteiger partial charge in [-0.25, -0.2) is 9.78 Å². The second kappa shape index (κ2) is 4.65. The number of nitrogens with zero attached hydrogens (tertiary/aromatic N) is 2. The van der Waals surface area contributed by atoms with Crippen LogP contribution in [-0.2, 0) is 0 Å². The Morgan fingerprint density at radius 1 is 1.39 bits per heavy atom. The Balaban J connectivity index is 2.13. The van der Waals surface area contributed by atoms with Gasteiger partial charge < -0.3 is 9.51 Å². The number of aromatic nitrogens is 2. The molecule has 1 aliphatic rings. The third-order valence-electron chi connectivity index (χ3n) is 3.36. The van der Waals surface area contributed by atoms with Crippen molar-refractivity contribution in [3.05, 3.63) is 35.9 Å². The van der Waals surface area contributed by atoms with E-state index in [0.29, 0.717) is 11.4 Å². The van der Waals surface area contributed by atoms with Crippen molar-refractivity contribution in [2.24, 2.45) is 0 Å². The Labute approximate surface area is 109 Å². The van der Waals surface area contributed by atoms with Crippen LogP contribution in [-0.4, -0.2) is 32.0 Å². The normalized spacial score (nSPS) is 17.1. The van der Waals surface area contributed by atoms with E-state index in [-0.39, 0.29) is 5.69 Å². The second-order valence-corrected chi connectivity index (χ2v) is 5.69. The SMILES string of the molecule is O=C(O)c1nc(C2CCSCC2)n2ccccc12. The molecule has 0 bridgehead atoms. The second-order valence-electron chi connectivity index (χ2n) is 4.47. The molecule has 94 valence electrons. The van der Waals surface area contributed by atoms with Crippen LogP contribution in [0.2, 0.25) is 0 Å². The van der Waals surface area contributed by atoms with Crippen molar-refractivity contribution in [1.29, 1.82) is 0 Å². The van der Waals surface area contributed by atoms with Gasteiger partial charge in [-0.05, 0) is 36.5 Å². The van der Waals surface area contributed by atoms with Crippen molar-refractivity contribution in [1.82, 2.24) is 9.38 Å². The molecule has 1 aliphatic heterocycles. The van der Waals surface area contributed by atoms with Crippen LogP contribution < -0.4 is 0 Å². The lowest BCUT2D eigenvalue weighted by Gasteiger charge is -2.20. The molecule has 0 saturated carbocycles. The summed E-state index contributed by atoms with van der Waals surface area (Å²) in [6.07, 6.45) is 4.07. The van der Waals surface area contributed by atoms with Crippen LogP contribution in [0.15, 0.2) is 24.4 Å². The molecular formula is C13H14N2O2S. The first-order chi connectivity index (χ1) is 8.77. The van der Waals surface area contributed by atoms with Gasteiger partial charge in [0, 0.05) is 12.1 Å². The Kier molecular flexibility index (Phi) is 2.99. The minimum Gasteiger partial charge on any atom is -0.476 e. The predicted octanol–water partition coefficient (Wildman–Crippen LogP) is 2.64. The Morgan fingerprint density at radius 2 is 2.17 bits per heavy atom. The van der Waals surface area contributed by atoms with E-state index >= 15 is 0 Å². The molecule has 1 N–H and O–H groups in total. The van der Waals surface area contributed by atoms with Crippen molar-refractivity contribution in [3.8, 4) is 0 Å². The first kappa shape index (κ1) is 11.6. The molecule has 2 aromatic heterocycles. The lowest BCUT2D eigenvalue weighted by atomic mass is 10.0. The lowest BCUT2D eigenvalue weighted by molar-refractivity contribution is 0.0693. The molecule has 0 aliphatic carbocycles. The van der Waals surface area contributed by atoms with E-state index in [0.717, 1.165) is 30.2 Å². The van der Waals surface area contributed by atoms with Crippen LogP contribution in [0.4, 0.5) is 0 Å². The van der Waals surface area contributed by atoms with E-state index in [4.69, 9.17) is 0 Å². The maximum Gasteiger partial charge on any atom is 0.356 e.